The molecule has 1 atom stereocenters. The lowest BCUT2D eigenvalue weighted by atomic mass is 10.1. The smallest absolute Gasteiger partial charge is 0.203 e. The molecular weight excluding hydrogens is 380 g/mol. The predicted octanol–water partition coefficient (Wildman–Crippen LogP) is 2.00. The molecule has 29 heavy (non-hydrogen) atoms. The Balaban J connectivity index is 2.08. The third-order valence-electron chi connectivity index (χ3n) is 4.29. The van der Waals surface area contributed by atoms with Crippen molar-refractivity contribution in [3.8, 4) is 34.3 Å². The van der Waals surface area contributed by atoms with Crippen LogP contribution < -0.4 is 29.5 Å². The summed E-state index contributed by atoms with van der Waals surface area (Å²) in [4.78, 5) is 23.5. The summed E-state index contributed by atoms with van der Waals surface area (Å²) in [5, 5.41) is 11.1. The fraction of sp³-hybridized carbons (Fsp3) is 0.238. The second-order valence-electron chi connectivity index (χ2n) is 6.13. The van der Waals surface area contributed by atoms with E-state index in [2.05, 4.69) is 0 Å². The molecule has 0 radical (unpaired) electrons. The Labute approximate surface area is 166 Å². The molecule has 2 aromatic carbocycles. The summed E-state index contributed by atoms with van der Waals surface area (Å²) in [5.74, 6) is 0.440. The van der Waals surface area contributed by atoms with Crippen LogP contribution in [0.5, 0.6) is 23.0 Å². The summed E-state index contributed by atoms with van der Waals surface area (Å²) in [6.45, 7) is 1.34. The molecule has 0 saturated heterocycles. The molecule has 0 saturated carbocycles. The van der Waals surface area contributed by atoms with Crippen LogP contribution in [0.1, 0.15) is 6.92 Å². The highest BCUT2D eigenvalue weighted by Crippen LogP contribution is 2.41. The van der Waals surface area contributed by atoms with Gasteiger partial charge in [0.1, 0.15) is 23.2 Å². The first-order valence-electron chi connectivity index (χ1n) is 8.63. The Bertz CT molecular complexity index is 1090. The van der Waals surface area contributed by atoms with E-state index in [0.29, 0.717) is 34.2 Å². The topological polar surface area (TPSA) is 107 Å². The Morgan fingerprint density at radius 2 is 1.66 bits per heavy atom. The summed E-state index contributed by atoms with van der Waals surface area (Å²) in [7, 11) is 4.48. The molecule has 0 fully saturated rings. The summed E-state index contributed by atoms with van der Waals surface area (Å²) < 4.78 is 27.1. The lowest BCUT2D eigenvalue weighted by Gasteiger charge is -2.16. The van der Waals surface area contributed by atoms with Gasteiger partial charge in [-0.25, -0.2) is 0 Å². The molecule has 3 aromatic rings. The van der Waals surface area contributed by atoms with Gasteiger partial charge in [0.25, 0.3) is 0 Å². The van der Waals surface area contributed by atoms with Gasteiger partial charge in [-0.05, 0) is 37.3 Å². The number of carboxylic acids is 1. The highest BCUT2D eigenvalue weighted by Gasteiger charge is 2.17. The zero-order chi connectivity index (χ0) is 21.1. The average Bonchev–Trinajstić information content (AvgIpc) is 2.72. The van der Waals surface area contributed by atoms with Crippen molar-refractivity contribution in [3.05, 3.63) is 46.6 Å². The quantitative estimate of drug-likeness (QED) is 0.594. The molecule has 0 N–H and O–H groups in total. The molecule has 0 unspecified atom stereocenters. The second-order valence-corrected chi connectivity index (χ2v) is 6.13. The number of hydrogen-bond donors (Lipinski definition) is 0. The van der Waals surface area contributed by atoms with E-state index >= 15 is 0 Å². The number of hydrogen-bond acceptors (Lipinski definition) is 8. The van der Waals surface area contributed by atoms with Crippen molar-refractivity contribution in [2.24, 2.45) is 0 Å². The highest BCUT2D eigenvalue weighted by molar-refractivity contribution is 5.81. The normalized spacial score (nSPS) is 11.7. The van der Waals surface area contributed by atoms with Crippen molar-refractivity contribution in [2.45, 2.75) is 13.0 Å². The molecule has 0 amide bonds. The number of fused-ring (bicyclic) bond motifs is 1. The maximum atomic E-state index is 12.6. The average molecular weight is 399 g/mol. The summed E-state index contributed by atoms with van der Waals surface area (Å²) >= 11 is 0. The van der Waals surface area contributed by atoms with Crippen LogP contribution in [-0.4, -0.2) is 33.4 Å². The summed E-state index contributed by atoms with van der Waals surface area (Å²) in [6, 6.07) is 9.16. The molecule has 1 heterocycles. The fourth-order valence-electron chi connectivity index (χ4n) is 2.83. The highest BCUT2D eigenvalue weighted by atomic mass is 16.5. The number of ether oxygens (including phenoxy) is 4. The molecule has 0 aliphatic rings. The molecule has 0 aliphatic carbocycles. The van der Waals surface area contributed by atoms with Crippen LogP contribution >= 0.6 is 0 Å². The third-order valence-corrected chi connectivity index (χ3v) is 4.29. The van der Waals surface area contributed by atoms with Crippen molar-refractivity contribution >= 4 is 16.9 Å². The van der Waals surface area contributed by atoms with Crippen molar-refractivity contribution in [1.82, 2.24) is 0 Å². The van der Waals surface area contributed by atoms with Crippen LogP contribution in [0.3, 0.4) is 0 Å². The van der Waals surface area contributed by atoms with Gasteiger partial charge in [-0.2, -0.15) is 0 Å². The standard InChI is InChI=1S/C21H20O8/c1-11(21(23)24)28-13-5-6-16-14(9-13)15(22)10-17(29-16)12-7-18(25-2)20(27-4)19(8-12)26-3/h5-11H,1-4H3,(H,23,24)/p-1/t11-/m0/s1. The molecule has 8 heteroatoms. The molecule has 8 nitrogen and oxygen atoms in total. The molecule has 1 aromatic heterocycles. The number of methoxy groups -OCH3 is 3. The minimum atomic E-state index is -1.35. The minimum absolute atomic E-state index is 0.224. The molecule has 0 bridgehead atoms. The molecule has 0 aliphatic heterocycles. The Kier molecular flexibility index (Phi) is 5.63. The van der Waals surface area contributed by atoms with Crippen LogP contribution in [0.4, 0.5) is 0 Å². The number of carboxylic acid groups (broad SMARTS) is 1. The van der Waals surface area contributed by atoms with Crippen LogP contribution in [0, 0.1) is 0 Å². The lowest BCUT2D eigenvalue weighted by Crippen LogP contribution is -2.37. The van der Waals surface area contributed by atoms with E-state index in [0.717, 1.165) is 0 Å². The Morgan fingerprint density at radius 3 is 2.21 bits per heavy atom. The number of rotatable bonds is 7. The number of carbonyl (C=O) groups excluding carboxylic acids is 1. The zero-order valence-corrected chi connectivity index (χ0v) is 16.3. The van der Waals surface area contributed by atoms with Gasteiger partial charge in [-0.3, -0.25) is 4.79 Å². The van der Waals surface area contributed by atoms with Gasteiger partial charge in [0.05, 0.1) is 32.7 Å². The third kappa shape index (κ3) is 3.96. The number of benzene rings is 2. The Morgan fingerprint density at radius 1 is 1.00 bits per heavy atom. The summed E-state index contributed by atoms with van der Waals surface area (Å²) in [6.07, 6.45) is -1.15. The largest absolute Gasteiger partial charge is 0.546 e. The number of carbonyl (C=O) groups is 1. The van der Waals surface area contributed by atoms with E-state index < -0.39 is 12.1 Å². The molecule has 152 valence electrons. The first kappa shape index (κ1) is 20.1. The summed E-state index contributed by atoms with van der Waals surface area (Å²) in [5.41, 5.74) is 0.556. The molecule has 3 rings (SSSR count). The lowest BCUT2D eigenvalue weighted by molar-refractivity contribution is -0.312. The van der Waals surface area contributed by atoms with E-state index in [1.807, 2.05) is 0 Å². The number of aliphatic carboxylic acids is 1. The predicted molar refractivity (Wildman–Crippen MR) is 103 cm³/mol. The Hall–Kier alpha value is -3.68. The van der Waals surface area contributed by atoms with Gasteiger partial charge < -0.3 is 33.3 Å². The second kappa shape index (κ2) is 8.14. The van der Waals surface area contributed by atoms with E-state index in [4.69, 9.17) is 23.4 Å². The van der Waals surface area contributed by atoms with E-state index in [1.165, 1.54) is 52.5 Å². The molecular formula is C21H19O8-. The van der Waals surface area contributed by atoms with E-state index in [1.54, 1.807) is 12.1 Å². The monoisotopic (exact) mass is 399 g/mol. The van der Waals surface area contributed by atoms with Gasteiger partial charge in [-0.15, -0.1) is 0 Å². The van der Waals surface area contributed by atoms with Crippen molar-refractivity contribution in [2.75, 3.05) is 21.3 Å². The fourth-order valence-corrected chi connectivity index (χ4v) is 2.83. The first-order valence-corrected chi connectivity index (χ1v) is 8.63. The van der Waals surface area contributed by atoms with Crippen LogP contribution in [0.15, 0.2) is 45.6 Å². The maximum absolute atomic E-state index is 12.6. The zero-order valence-electron chi connectivity index (χ0n) is 16.3. The maximum Gasteiger partial charge on any atom is 0.203 e. The van der Waals surface area contributed by atoms with Gasteiger partial charge in [0.15, 0.2) is 16.9 Å². The first-order chi connectivity index (χ1) is 13.9. The van der Waals surface area contributed by atoms with Crippen LogP contribution in [-0.2, 0) is 4.79 Å². The SMILES string of the molecule is COc1cc(-c2cc(=O)c3cc(O[C@@H](C)C(=O)[O-])ccc3o2)cc(OC)c1OC. The van der Waals surface area contributed by atoms with Crippen LogP contribution in [0.25, 0.3) is 22.3 Å². The van der Waals surface area contributed by atoms with Crippen molar-refractivity contribution in [1.29, 1.82) is 0 Å². The minimum Gasteiger partial charge on any atom is -0.546 e. The van der Waals surface area contributed by atoms with Crippen molar-refractivity contribution < 1.29 is 33.3 Å². The van der Waals surface area contributed by atoms with Crippen LogP contribution in [0.2, 0.25) is 0 Å². The van der Waals surface area contributed by atoms with Gasteiger partial charge in [-0.1, -0.05) is 0 Å². The molecule has 0 spiro atoms. The van der Waals surface area contributed by atoms with Gasteiger partial charge in [0, 0.05) is 11.6 Å². The van der Waals surface area contributed by atoms with Gasteiger partial charge in [0.2, 0.25) is 5.75 Å². The van der Waals surface area contributed by atoms with Gasteiger partial charge >= 0.3 is 0 Å². The van der Waals surface area contributed by atoms with Crippen molar-refractivity contribution in [3.63, 3.8) is 0 Å². The van der Waals surface area contributed by atoms with E-state index in [-0.39, 0.29) is 16.6 Å². The van der Waals surface area contributed by atoms with E-state index in [9.17, 15) is 14.7 Å².